The number of nitrogens with one attached hydrogen (secondary N) is 1. The van der Waals surface area contributed by atoms with E-state index in [0.29, 0.717) is 12.1 Å². The number of aromatic nitrogens is 2. The van der Waals surface area contributed by atoms with Gasteiger partial charge >= 0.3 is 6.01 Å². The number of rotatable bonds is 5. The molecular formula is C14H14FN3O2. The van der Waals surface area contributed by atoms with E-state index < -0.39 is 0 Å². The van der Waals surface area contributed by atoms with Crippen molar-refractivity contribution in [2.75, 3.05) is 12.4 Å². The number of hydrogen-bond donors (Lipinski definition) is 1. The van der Waals surface area contributed by atoms with Gasteiger partial charge in [0, 0.05) is 24.5 Å². The van der Waals surface area contributed by atoms with Crippen molar-refractivity contribution in [3.05, 3.63) is 48.0 Å². The summed E-state index contributed by atoms with van der Waals surface area (Å²) in [6.07, 6.45) is 4.00. The van der Waals surface area contributed by atoms with Gasteiger partial charge in [0.1, 0.15) is 5.82 Å². The maximum absolute atomic E-state index is 13.0. The van der Waals surface area contributed by atoms with E-state index in [9.17, 15) is 9.18 Å². The van der Waals surface area contributed by atoms with Gasteiger partial charge in [0.2, 0.25) is 5.91 Å². The molecule has 0 saturated carbocycles. The van der Waals surface area contributed by atoms with Crippen LogP contribution in [0.3, 0.4) is 0 Å². The largest absolute Gasteiger partial charge is 0.467 e. The lowest BCUT2D eigenvalue weighted by molar-refractivity contribution is -0.116. The van der Waals surface area contributed by atoms with Crippen molar-refractivity contribution in [1.82, 2.24) is 9.97 Å². The summed E-state index contributed by atoms with van der Waals surface area (Å²) in [4.78, 5) is 19.6. The quantitative estimate of drug-likeness (QED) is 0.908. The molecule has 1 aromatic carbocycles. The van der Waals surface area contributed by atoms with Crippen molar-refractivity contribution < 1.29 is 13.9 Å². The predicted octanol–water partition coefficient (Wildman–Crippen LogP) is 2.20. The lowest BCUT2D eigenvalue weighted by Gasteiger charge is -2.05. The number of anilines is 1. The molecule has 1 aromatic heterocycles. The molecule has 0 aliphatic heterocycles. The molecule has 1 N–H and O–H groups in total. The first-order valence-electron chi connectivity index (χ1n) is 6.07. The van der Waals surface area contributed by atoms with Crippen LogP contribution in [0.2, 0.25) is 0 Å². The van der Waals surface area contributed by atoms with Crippen LogP contribution in [-0.2, 0) is 11.2 Å². The summed E-state index contributed by atoms with van der Waals surface area (Å²) >= 11 is 0. The Kier molecular flexibility index (Phi) is 4.60. The molecule has 0 saturated heterocycles. The molecule has 0 bridgehead atoms. The molecule has 2 rings (SSSR count). The molecule has 1 heterocycles. The molecule has 0 aliphatic carbocycles. The molecule has 5 nitrogen and oxygen atoms in total. The maximum Gasteiger partial charge on any atom is 0.316 e. The SMILES string of the molecule is COc1ncc(CCC(=O)Nc2cccc(F)c2)cn1. The standard InChI is InChI=1S/C14H14FN3O2/c1-20-14-16-8-10(9-17-14)5-6-13(19)18-12-4-2-3-11(15)7-12/h2-4,7-9H,5-6H2,1H3,(H,18,19). The van der Waals surface area contributed by atoms with Crippen LogP contribution >= 0.6 is 0 Å². The molecule has 0 aliphatic rings. The van der Waals surface area contributed by atoms with Gasteiger partial charge in [0.25, 0.3) is 0 Å². The number of carbonyl (C=O) groups excluding carboxylic acids is 1. The number of halogens is 1. The third-order valence-electron chi connectivity index (χ3n) is 2.61. The second-order valence-corrected chi connectivity index (χ2v) is 4.14. The Morgan fingerprint density at radius 1 is 1.35 bits per heavy atom. The molecule has 104 valence electrons. The Labute approximate surface area is 115 Å². The average Bonchev–Trinajstić information content (AvgIpc) is 2.46. The molecular weight excluding hydrogens is 261 g/mol. The highest BCUT2D eigenvalue weighted by molar-refractivity contribution is 5.90. The van der Waals surface area contributed by atoms with E-state index in [-0.39, 0.29) is 24.2 Å². The number of ether oxygens (including phenoxy) is 1. The highest BCUT2D eigenvalue weighted by Gasteiger charge is 2.05. The molecule has 0 radical (unpaired) electrons. The van der Waals surface area contributed by atoms with Crippen molar-refractivity contribution in [3.63, 3.8) is 0 Å². The first-order valence-corrected chi connectivity index (χ1v) is 6.07. The fourth-order valence-electron chi connectivity index (χ4n) is 1.63. The fraction of sp³-hybridized carbons (Fsp3) is 0.214. The Bertz CT molecular complexity index is 587. The van der Waals surface area contributed by atoms with Crippen molar-refractivity contribution in [3.8, 4) is 6.01 Å². The number of carbonyl (C=O) groups is 1. The van der Waals surface area contributed by atoms with Gasteiger partial charge in [0.05, 0.1) is 7.11 Å². The van der Waals surface area contributed by atoms with Gasteiger partial charge in [-0.25, -0.2) is 14.4 Å². The summed E-state index contributed by atoms with van der Waals surface area (Å²) in [7, 11) is 1.49. The topological polar surface area (TPSA) is 64.1 Å². The zero-order valence-electron chi connectivity index (χ0n) is 11.0. The second kappa shape index (κ2) is 6.60. The van der Waals surface area contributed by atoms with Crippen LogP contribution in [0, 0.1) is 5.82 Å². The summed E-state index contributed by atoms with van der Waals surface area (Å²) in [6.45, 7) is 0. The normalized spacial score (nSPS) is 10.1. The van der Waals surface area contributed by atoms with Gasteiger partial charge in [-0.05, 0) is 30.2 Å². The lowest BCUT2D eigenvalue weighted by Crippen LogP contribution is -2.12. The molecule has 20 heavy (non-hydrogen) atoms. The third-order valence-corrected chi connectivity index (χ3v) is 2.61. The van der Waals surface area contributed by atoms with Crippen LogP contribution < -0.4 is 10.1 Å². The highest BCUT2D eigenvalue weighted by Crippen LogP contribution is 2.10. The summed E-state index contributed by atoms with van der Waals surface area (Å²) in [5.41, 5.74) is 1.28. The van der Waals surface area contributed by atoms with Gasteiger partial charge in [-0.3, -0.25) is 4.79 Å². The molecule has 0 unspecified atom stereocenters. The molecule has 0 atom stereocenters. The molecule has 0 fully saturated rings. The summed E-state index contributed by atoms with van der Waals surface area (Å²) in [5.74, 6) is -0.572. The van der Waals surface area contributed by atoms with E-state index >= 15 is 0 Å². The van der Waals surface area contributed by atoms with Crippen molar-refractivity contribution >= 4 is 11.6 Å². The van der Waals surface area contributed by atoms with Gasteiger partial charge in [0.15, 0.2) is 0 Å². The van der Waals surface area contributed by atoms with Crippen molar-refractivity contribution in [1.29, 1.82) is 0 Å². The van der Waals surface area contributed by atoms with E-state index in [1.54, 1.807) is 24.5 Å². The smallest absolute Gasteiger partial charge is 0.316 e. The molecule has 2 aromatic rings. The monoisotopic (exact) mass is 275 g/mol. The summed E-state index contributed by atoms with van der Waals surface area (Å²) in [5, 5.41) is 2.63. The van der Waals surface area contributed by atoms with Crippen LogP contribution in [-0.4, -0.2) is 23.0 Å². The van der Waals surface area contributed by atoms with E-state index in [1.165, 1.54) is 19.2 Å². The predicted molar refractivity (Wildman–Crippen MR) is 71.9 cm³/mol. The van der Waals surface area contributed by atoms with Crippen LogP contribution in [0.5, 0.6) is 6.01 Å². The Balaban J connectivity index is 1.85. The van der Waals surface area contributed by atoms with Crippen LogP contribution in [0.1, 0.15) is 12.0 Å². The van der Waals surface area contributed by atoms with Gasteiger partial charge < -0.3 is 10.1 Å². The number of amides is 1. The Morgan fingerprint density at radius 2 is 2.10 bits per heavy atom. The van der Waals surface area contributed by atoms with Gasteiger partial charge in [-0.15, -0.1) is 0 Å². The van der Waals surface area contributed by atoms with Gasteiger partial charge in [-0.2, -0.15) is 0 Å². The molecule has 6 heteroatoms. The van der Waals surface area contributed by atoms with Crippen LogP contribution in [0.4, 0.5) is 10.1 Å². The first kappa shape index (κ1) is 13.9. The van der Waals surface area contributed by atoms with Crippen molar-refractivity contribution in [2.45, 2.75) is 12.8 Å². The number of hydrogen-bond acceptors (Lipinski definition) is 4. The Hall–Kier alpha value is -2.50. The minimum Gasteiger partial charge on any atom is -0.467 e. The summed E-state index contributed by atoms with van der Waals surface area (Å²) in [6, 6.07) is 6.07. The van der Waals surface area contributed by atoms with Crippen molar-refractivity contribution in [2.24, 2.45) is 0 Å². The average molecular weight is 275 g/mol. The Morgan fingerprint density at radius 3 is 2.75 bits per heavy atom. The van der Waals surface area contributed by atoms with E-state index in [2.05, 4.69) is 15.3 Å². The number of methoxy groups -OCH3 is 1. The zero-order chi connectivity index (χ0) is 14.4. The zero-order valence-corrected chi connectivity index (χ0v) is 11.0. The number of aryl methyl sites for hydroxylation is 1. The maximum atomic E-state index is 13.0. The lowest BCUT2D eigenvalue weighted by atomic mass is 10.2. The van der Waals surface area contributed by atoms with E-state index in [4.69, 9.17) is 4.74 Å². The van der Waals surface area contributed by atoms with Gasteiger partial charge in [-0.1, -0.05) is 6.07 Å². The minimum atomic E-state index is -0.383. The molecule has 0 spiro atoms. The van der Waals surface area contributed by atoms with Crippen LogP contribution in [0.25, 0.3) is 0 Å². The minimum absolute atomic E-state index is 0.189. The summed E-state index contributed by atoms with van der Waals surface area (Å²) < 4.78 is 17.8. The van der Waals surface area contributed by atoms with E-state index in [1.807, 2.05) is 0 Å². The van der Waals surface area contributed by atoms with E-state index in [0.717, 1.165) is 5.56 Å². The second-order valence-electron chi connectivity index (χ2n) is 4.14. The highest BCUT2D eigenvalue weighted by atomic mass is 19.1. The van der Waals surface area contributed by atoms with Crippen LogP contribution in [0.15, 0.2) is 36.7 Å². The number of benzene rings is 1. The molecule has 1 amide bonds. The number of nitrogens with zero attached hydrogens (tertiary/aromatic N) is 2. The third kappa shape index (κ3) is 4.01. The first-order chi connectivity index (χ1) is 9.67. The fourth-order valence-corrected chi connectivity index (χ4v) is 1.63.